The number of carbonyl (C=O) groups is 1. The van der Waals surface area contributed by atoms with Gasteiger partial charge in [0.05, 0.1) is 12.5 Å². The topological polar surface area (TPSA) is 79.9 Å². The number of H-pyrrole nitrogens is 1. The number of benzene rings is 1. The first-order chi connectivity index (χ1) is 10.3. The van der Waals surface area contributed by atoms with E-state index in [1.54, 1.807) is 6.20 Å². The fourth-order valence-corrected chi connectivity index (χ4v) is 2.17. The van der Waals surface area contributed by atoms with Crippen molar-refractivity contribution in [3.63, 3.8) is 0 Å². The Hall–Kier alpha value is -2.89. The molecule has 0 amide bonds. The molecule has 0 fully saturated rings. The standard InChI is InChI=1S/C15H14N4O2/c1-21-15(20)12(10-5-3-2-4-6-10)19-14-11-7-8-16-13(11)17-9-18-14/h2-9,12H,1H3,(H2,16,17,18,19). The zero-order valence-electron chi connectivity index (χ0n) is 11.4. The molecule has 0 radical (unpaired) electrons. The Labute approximate surface area is 121 Å². The van der Waals surface area contributed by atoms with Crippen LogP contribution in [0, 0.1) is 0 Å². The van der Waals surface area contributed by atoms with E-state index in [9.17, 15) is 4.79 Å². The summed E-state index contributed by atoms with van der Waals surface area (Å²) in [5.41, 5.74) is 1.52. The highest BCUT2D eigenvalue weighted by atomic mass is 16.5. The van der Waals surface area contributed by atoms with Gasteiger partial charge in [-0.2, -0.15) is 0 Å². The monoisotopic (exact) mass is 282 g/mol. The van der Waals surface area contributed by atoms with Crippen molar-refractivity contribution < 1.29 is 9.53 Å². The molecule has 0 aliphatic carbocycles. The van der Waals surface area contributed by atoms with E-state index in [1.165, 1.54) is 13.4 Å². The van der Waals surface area contributed by atoms with Crippen molar-refractivity contribution in [3.8, 4) is 0 Å². The minimum Gasteiger partial charge on any atom is -0.467 e. The third kappa shape index (κ3) is 2.55. The Morgan fingerprint density at radius 1 is 1.24 bits per heavy atom. The normalized spacial score (nSPS) is 12.0. The van der Waals surface area contributed by atoms with Gasteiger partial charge in [-0.1, -0.05) is 30.3 Å². The summed E-state index contributed by atoms with van der Waals surface area (Å²) in [7, 11) is 1.37. The van der Waals surface area contributed by atoms with Crippen LogP contribution in [0.2, 0.25) is 0 Å². The highest BCUT2D eigenvalue weighted by Gasteiger charge is 2.22. The lowest BCUT2D eigenvalue weighted by Gasteiger charge is -2.17. The first-order valence-electron chi connectivity index (χ1n) is 6.47. The van der Waals surface area contributed by atoms with Crippen LogP contribution in [0.5, 0.6) is 0 Å². The molecule has 21 heavy (non-hydrogen) atoms. The third-order valence-electron chi connectivity index (χ3n) is 3.20. The van der Waals surface area contributed by atoms with Gasteiger partial charge in [-0.15, -0.1) is 0 Å². The average molecular weight is 282 g/mol. The molecule has 0 aliphatic heterocycles. The molecule has 0 bridgehead atoms. The largest absolute Gasteiger partial charge is 0.467 e. The number of ether oxygens (including phenoxy) is 1. The van der Waals surface area contributed by atoms with Gasteiger partial charge in [0, 0.05) is 6.20 Å². The van der Waals surface area contributed by atoms with E-state index < -0.39 is 6.04 Å². The zero-order valence-corrected chi connectivity index (χ0v) is 11.4. The summed E-state index contributed by atoms with van der Waals surface area (Å²) in [6.07, 6.45) is 3.22. The first kappa shape index (κ1) is 13.1. The lowest BCUT2D eigenvalue weighted by molar-refractivity contribution is -0.141. The molecule has 2 heterocycles. The van der Waals surface area contributed by atoms with Gasteiger partial charge in [-0.3, -0.25) is 0 Å². The molecular weight excluding hydrogens is 268 g/mol. The SMILES string of the molecule is COC(=O)C(Nc1ncnc2[nH]ccc12)c1ccccc1. The Morgan fingerprint density at radius 3 is 2.81 bits per heavy atom. The van der Waals surface area contributed by atoms with Crippen molar-refractivity contribution in [3.05, 3.63) is 54.5 Å². The van der Waals surface area contributed by atoms with E-state index >= 15 is 0 Å². The molecule has 0 spiro atoms. The summed E-state index contributed by atoms with van der Waals surface area (Å²) >= 11 is 0. The van der Waals surface area contributed by atoms with E-state index in [0.29, 0.717) is 11.5 Å². The van der Waals surface area contributed by atoms with Gasteiger partial charge < -0.3 is 15.0 Å². The summed E-state index contributed by atoms with van der Waals surface area (Å²) < 4.78 is 4.88. The third-order valence-corrected chi connectivity index (χ3v) is 3.20. The maximum absolute atomic E-state index is 12.1. The summed E-state index contributed by atoms with van der Waals surface area (Å²) in [5.74, 6) is 0.212. The number of carbonyl (C=O) groups excluding carboxylic acids is 1. The second kappa shape index (κ2) is 5.62. The average Bonchev–Trinajstić information content (AvgIpc) is 3.02. The highest BCUT2D eigenvalue weighted by molar-refractivity contribution is 5.89. The fraction of sp³-hybridized carbons (Fsp3) is 0.133. The number of hydrogen-bond donors (Lipinski definition) is 2. The van der Waals surface area contributed by atoms with Gasteiger partial charge in [0.25, 0.3) is 0 Å². The maximum atomic E-state index is 12.1. The van der Waals surface area contributed by atoms with E-state index in [0.717, 1.165) is 10.9 Å². The number of methoxy groups -OCH3 is 1. The fourth-order valence-electron chi connectivity index (χ4n) is 2.17. The highest BCUT2D eigenvalue weighted by Crippen LogP contribution is 2.24. The van der Waals surface area contributed by atoms with Gasteiger partial charge in [0.2, 0.25) is 0 Å². The smallest absolute Gasteiger partial charge is 0.333 e. The second-order valence-electron chi connectivity index (χ2n) is 4.47. The minimum atomic E-state index is -0.621. The van der Waals surface area contributed by atoms with E-state index in [-0.39, 0.29) is 5.97 Å². The van der Waals surface area contributed by atoms with E-state index in [2.05, 4.69) is 20.3 Å². The van der Waals surface area contributed by atoms with Crippen molar-refractivity contribution in [2.24, 2.45) is 0 Å². The number of nitrogens with one attached hydrogen (secondary N) is 2. The molecule has 1 atom stereocenters. The number of fused-ring (bicyclic) bond motifs is 1. The minimum absolute atomic E-state index is 0.372. The molecule has 6 nitrogen and oxygen atoms in total. The Morgan fingerprint density at radius 2 is 2.05 bits per heavy atom. The summed E-state index contributed by atoms with van der Waals surface area (Å²) in [5, 5.41) is 3.95. The Balaban J connectivity index is 1.99. The number of aromatic amines is 1. The molecule has 0 aliphatic rings. The van der Waals surface area contributed by atoms with Gasteiger partial charge >= 0.3 is 5.97 Å². The number of hydrogen-bond acceptors (Lipinski definition) is 5. The van der Waals surface area contributed by atoms with Crippen LogP contribution in [0.15, 0.2) is 48.9 Å². The van der Waals surface area contributed by atoms with Crippen molar-refractivity contribution in [1.82, 2.24) is 15.0 Å². The lowest BCUT2D eigenvalue weighted by Crippen LogP contribution is -2.22. The van der Waals surface area contributed by atoms with Crippen LogP contribution in [0.1, 0.15) is 11.6 Å². The summed E-state index contributed by atoms with van der Waals surface area (Å²) in [6, 6.07) is 10.6. The number of esters is 1. The van der Waals surface area contributed by atoms with Gasteiger partial charge in [-0.05, 0) is 11.6 Å². The molecule has 1 aromatic carbocycles. The van der Waals surface area contributed by atoms with Crippen molar-refractivity contribution in [1.29, 1.82) is 0 Å². The van der Waals surface area contributed by atoms with Gasteiger partial charge in [0.1, 0.15) is 17.8 Å². The maximum Gasteiger partial charge on any atom is 0.333 e. The molecule has 6 heteroatoms. The van der Waals surface area contributed by atoms with Crippen LogP contribution < -0.4 is 5.32 Å². The van der Waals surface area contributed by atoms with E-state index in [4.69, 9.17) is 4.74 Å². The first-order valence-corrected chi connectivity index (χ1v) is 6.47. The van der Waals surface area contributed by atoms with Crippen LogP contribution >= 0.6 is 0 Å². The molecule has 2 aromatic heterocycles. The molecule has 3 rings (SSSR count). The molecule has 1 unspecified atom stereocenters. The van der Waals surface area contributed by atoms with Crippen molar-refractivity contribution >= 4 is 22.8 Å². The van der Waals surface area contributed by atoms with E-state index in [1.807, 2.05) is 36.4 Å². The van der Waals surface area contributed by atoms with Crippen LogP contribution in [0.3, 0.4) is 0 Å². The quantitative estimate of drug-likeness (QED) is 0.718. The summed E-state index contributed by atoms with van der Waals surface area (Å²) in [4.78, 5) is 23.4. The summed E-state index contributed by atoms with van der Waals surface area (Å²) in [6.45, 7) is 0. The predicted molar refractivity (Wildman–Crippen MR) is 78.7 cm³/mol. The number of aromatic nitrogens is 3. The number of rotatable bonds is 4. The Bertz CT molecular complexity index is 754. The van der Waals surface area contributed by atoms with Crippen LogP contribution in [0.25, 0.3) is 11.0 Å². The number of anilines is 1. The molecule has 2 N–H and O–H groups in total. The predicted octanol–water partition coefficient (Wildman–Crippen LogP) is 2.28. The molecule has 106 valence electrons. The van der Waals surface area contributed by atoms with Crippen LogP contribution in [-0.4, -0.2) is 28.0 Å². The lowest BCUT2D eigenvalue weighted by atomic mass is 10.1. The van der Waals surface area contributed by atoms with Crippen LogP contribution in [-0.2, 0) is 9.53 Å². The van der Waals surface area contributed by atoms with Crippen LogP contribution in [0.4, 0.5) is 5.82 Å². The molecule has 3 aromatic rings. The number of nitrogens with zero attached hydrogens (tertiary/aromatic N) is 2. The van der Waals surface area contributed by atoms with Crippen molar-refractivity contribution in [2.75, 3.05) is 12.4 Å². The molecule has 0 saturated carbocycles. The molecular formula is C15H14N4O2. The zero-order chi connectivity index (χ0) is 14.7. The van der Waals surface area contributed by atoms with Gasteiger partial charge in [-0.25, -0.2) is 14.8 Å². The van der Waals surface area contributed by atoms with Gasteiger partial charge in [0.15, 0.2) is 6.04 Å². The van der Waals surface area contributed by atoms with Crippen molar-refractivity contribution in [2.45, 2.75) is 6.04 Å². The molecule has 0 saturated heterocycles. The Kier molecular flexibility index (Phi) is 3.51. The second-order valence-corrected chi connectivity index (χ2v) is 4.47.